The maximum Gasteiger partial charge on any atom is 0.230 e. The lowest BCUT2D eigenvalue weighted by molar-refractivity contribution is -0.140. The van der Waals surface area contributed by atoms with Gasteiger partial charge in [-0.25, -0.2) is 9.97 Å². The molecule has 1 atom stereocenters. The molecule has 4 rings (SSSR count). The first-order chi connectivity index (χ1) is 12.3. The lowest BCUT2D eigenvalue weighted by Gasteiger charge is -2.34. The number of furan rings is 1. The Kier molecular flexibility index (Phi) is 4.65. The van der Waals surface area contributed by atoms with Crippen LogP contribution in [-0.4, -0.2) is 46.6 Å². The first kappa shape index (κ1) is 16.1. The quantitative estimate of drug-likeness (QED) is 0.897. The van der Waals surface area contributed by atoms with Crippen LogP contribution in [0.15, 0.2) is 35.1 Å². The lowest BCUT2D eigenvalue weighted by Crippen LogP contribution is -2.44. The molecule has 2 aliphatic rings. The first-order valence-electron chi connectivity index (χ1n) is 8.78. The van der Waals surface area contributed by atoms with Crippen LogP contribution in [0.4, 0.5) is 5.82 Å². The molecule has 7 heteroatoms. The highest BCUT2D eigenvalue weighted by atomic mass is 16.5. The van der Waals surface area contributed by atoms with E-state index in [1.165, 1.54) is 19.3 Å². The Labute approximate surface area is 146 Å². The Morgan fingerprint density at radius 3 is 3.04 bits per heavy atom. The van der Waals surface area contributed by atoms with Crippen LogP contribution >= 0.6 is 0 Å². The minimum absolute atomic E-state index is 0.00389. The van der Waals surface area contributed by atoms with Crippen molar-refractivity contribution in [3.05, 3.63) is 42.2 Å². The Balaban J connectivity index is 1.50. The Morgan fingerprint density at radius 1 is 1.36 bits per heavy atom. The molecule has 7 nitrogen and oxygen atoms in total. The number of carbonyl (C=O) groups is 1. The van der Waals surface area contributed by atoms with Gasteiger partial charge in [-0.3, -0.25) is 4.79 Å². The SMILES string of the molecule is O=C(Cc1ccco1)N1CCOCC1c1nccc(NC2CCC2)n1. The summed E-state index contributed by atoms with van der Waals surface area (Å²) in [6.07, 6.45) is 7.19. The molecule has 1 saturated heterocycles. The normalized spacial score (nSPS) is 21.0. The summed E-state index contributed by atoms with van der Waals surface area (Å²) in [7, 11) is 0. The molecule has 2 aromatic rings. The highest BCUT2D eigenvalue weighted by Crippen LogP contribution is 2.25. The molecule has 2 fully saturated rings. The molecule has 132 valence electrons. The van der Waals surface area contributed by atoms with Crippen LogP contribution in [0.1, 0.15) is 36.9 Å². The lowest BCUT2D eigenvalue weighted by atomic mass is 9.93. The van der Waals surface area contributed by atoms with Gasteiger partial charge in [-0.15, -0.1) is 0 Å². The maximum atomic E-state index is 12.7. The molecule has 2 aromatic heterocycles. The molecule has 1 aliphatic carbocycles. The highest BCUT2D eigenvalue weighted by Gasteiger charge is 2.31. The number of rotatable bonds is 5. The van der Waals surface area contributed by atoms with Crippen molar-refractivity contribution in [3.63, 3.8) is 0 Å². The fourth-order valence-corrected chi connectivity index (χ4v) is 3.16. The number of nitrogens with zero attached hydrogens (tertiary/aromatic N) is 3. The summed E-state index contributed by atoms with van der Waals surface area (Å²) < 4.78 is 10.9. The number of aromatic nitrogens is 2. The van der Waals surface area contributed by atoms with Crippen molar-refractivity contribution in [3.8, 4) is 0 Å². The van der Waals surface area contributed by atoms with E-state index < -0.39 is 0 Å². The number of carbonyl (C=O) groups excluding carboxylic acids is 1. The van der Waals surface area contributed by atoms with Crippen molar-refractivity contribution in [1.29, 1.82) is 0 Å². The molecule has 1 aliphatic heterocycles. The fraction of sp³-hybridized carbons (Fsp3) is 0.500. The highest BCUT2D eigenvalue weighted by molar-refractivity contribution is 5.78. The number of hydrogen-bond donors (Lipinski definition) is 1. The van der Waals surface area contributed by atoms with E-state index in [2.05, 4.69) is 15.3 Å². The molecule has 1 N–H and O–H groups in total. The summed E-state index contributed by atoms with van der Waals surface area (Å²) in [5.74, 6) is 2.11. The fourth-order valence-electron chi connectivity index (χ4n) is 3.16. The second-order valence-corrected chi connectivity index (χ2v) is 6.51. The molecule has 0 bridgehead atoms. The van der Waals surface area contributed by atoms with E-state index in [-0.39, 0.29) is 18.4 Å². The molecule has 3 heterocycles. The van der Waals surface area contributed by atoms with Crippen LogP contribution in [0.25, 0.3) is 0 Å². The van der Waals surface area contributed by atoms with Gasteiger partial charge in [0, 0.05) is 18.8 Å². The van der Waals surface area contributed by atoms with E-state index in [9.17, 15) is 4.79 Å². The molecule has 25 heavy (non-hydrogen) atoms. The van der Waals surface area contributed by atoms with Gasteiger partial charge < -0.3 is 19.4 Å². The van der Waals surface area contributed by atoms with Crippen molar-refractivity contribution in [2.24, 2.45) is 0 Å². The van der Waals surface area contributed by atoms with E-state index in [0.29, 0.717) is 37.4 Å². The smallest absolute Gasteiger partial charge is 0.230 e. The summed E-state index contributed by atoms with van der Waals surface area (Å²) in [6.45, 7) is 1.48. The van der Waals surface area contributed by atoms with E-state index in [4.69, 9.17) is 9.15 Å². The molecule has 0 radical (unpaired) electrons. The van der Waals surface area contributed by atoms with Gasteiger partial charge in [0.15, 0.2) is 5.82 Å². The zero-order valence-corrected chi connectivity index (χ0v) is 14.1. The maximum absolute atomic E-state index is 12.7. The molecule has 1 saturated carbocycles. The number of amides is 1. The third kappa shape index (κ3) is 3.66. The van der Waals surface area contributed by atoms with Crippen LogP contribution in [-0.2, 0) is 16.0 Å². The van der Waals surface area contributed by atoms with Crippen molar-refractivity contribution >= 4 is 11.7 Å². The van der Waals surface area contributed by atoms with Crippen LogP contribution < -0.4 is 5.32 Å². The molecular formula is C18H22N4O3. The number of anilines is 1. The Morgan fingerprint density at radius 2 is 2.28 bits per heavy atom. The minimum Gasteiger partial charge on any atom is -0.469 e. The van der Waals surface area contributed by atoms with Crippen molar-refractivity contribution in [1.82, 2.24) is 14.9 Å². The van der Waals surface area contributed by atoms with Gasteiger partial charge in [-0.1, -0.05) is 0 Å². The van der Waals surface area contributed by atoms with Crippen LogP contribution in [0, 0.1) is 0 Å². The van der Waals surface area contributed by atoms with Gasteiger partial charge in [0.05, 0.1) is 25.9 Å². The topological polar surface area (TPSA) is 80.5 Å². The number of hydrogen-bond acceptors (Lipinski definition) is 6. The zero-order valence-electron chi connectivity index (χ0n) is 14.1. The summed E-state index contributed by atoms with van der Waals surface area (Å²) in [6, 6.07) is 5.72. The molecule has 0 aromatic carbocycles. The standard InChI is InChI=1S/C18H22N4O3/c23-17(11-14-5-2-9-25-14)22-8-10-24-12-15(22)18-19-7-6-16(21-18)20-13-3-1-4-13/h2,5-7,9,13,15H,1,3-4,8,10-12H2,(H,19,20,21). The van der Waals surface area contributed by atoms with Gasteiger partial charge in [0.25, 0.3) is 0 Å². The zero-order chi connectivity index (χ0) is 17.1. The van der Waals surface area contributed by atoms with E-state index in [1.807, 2.05) is 12.1 Å². The summed E-state index contributed by atoms with van der Waals surface area (Å²) >= 11 is 0. The molecule has 1 amide bonds. The Bertz CT molecular complexity index is 715. The second-order valence-electron chi connectivity index (χ2n) is 6.51. The predicted octanol–water partition coefficient (Wildman–Crippen LogP) is 2.18. The Hall–Kier alpha value is -2.41. The van der Waals surface area contributed by atoms with E-state index >= 15 is 0 Å². The number of morpholine rings is 1. The van der Waals surface area contributed by atoms with Gasteiger partial charge in [0.2, 0.25) is 5.91 Å². The molecular weight excluding hydrogens is 320 g/mol. The van der Waals surface area contributed by atoms with E-state index in [1.54, 1.807) is 23.4 Å². The number of ether oxygens (including phenoxy) is 1. The third-order valence-electron chi connectivity index (χ3n) is 4.78. The van der Waals surface area contributed by atoms with Crippen LogP contribution in [0.5, 0.6) is 0 Å². The summed E-state index contributed by atoms with van der Waals surface area (Å²) in [5.41, 5.74) is 0. The monoisotopic (exact) mass is 342 g/mol. The van der Waals surface area contributed by atoms with Crippen molar-refractivity contribution in [2.45, 2.75) is 37.8 Å². The van der Waals surface area contributed by atoms with Gasteiger partial charge >= 0.3 is 0 Å². The van der Waals surface area contributed by atoms with Crippen molar-refractivity contribution < 1.29 is 13.9 Å². The minimum atomic E-state index is -0.264. The van der Waals surface area contributed by atoms with Gasteiger partial charge in [0.1, 0.15) is 17.6 Å². The largest absolute Gasteiger partial charge is 0.469 e. The van der Waals surface area contributed by atoms with Crippen LogP contribution in [0.2, 0.25) is 0 Å². The summed E-state index contributed by atoms with van der Waals surface area (Å²) in [5, 5.41) is 3.43. The average Bonchev–Trinajstić information content (AvgIpc) is 3.11. The van der Waals surface area contributed by atoms with E-state index in [0.717, 1.165) is 5.82 Å². The van der Waals surface area contributed by atoms with Crippen LogP contribution in [0.3, 0.4) is 0 Å². The summed E-state index contributed by atoms with van der Waals surface area (Å²) in [4.78, 5) is 23.5. The van der Waals surface area contributed by atoms with Crippen molar-refractivity contribution in [2.75, 3.05) is 25.1 Å². The first-order valence-corrected chi connectivity index (χ1v) is 8.78. The predicted molar refractivity (Wildman–Crippen MR) is 91.0 cm³/mol. The van der Waals surface area contributed by atoms with Gasteiger partial charge in [-0.05, 0) is 37.5 Å². The van der Waals surface area contributed by atoms with Gasteiger partial charge in [-0.2, -0.15) is 0 Å². The average molecular weight is 342 g/mol. The second kappa shape index (κ2) is 7.23. The third-order valence-corrected chi connectivity index (χ3v) is 4.78. The molecule has 1 unspecified atom stereocenters. The number of nitrogens with one attached hydrogen (secondary N) is 1. The molecule has 0 spiro atoms.